The molecule has 19 heavy (non-hydrogen) atoms. The van der Waals surface area contributed by atoms with E-state index in [1.165, 1.54) is 0 Å². The summed E-state index contributed by atoms with van der Waals surface area (Å²) in [6.07, 6.45) is 13.0. The molecule has 1 aliphatic carbocycles. The van der Waals surface area contributed by atoms with Gasteiger partial charge in [0.1, 0.15) is 0 Å². The van der Waals surface area contributed by atoms with E-state index >= 15 is 0 Å². The topological polar surface area (TPSA) is 23.1 Å². The van der Waals surface area contributed by atoms with Crippen molar-refractivity contribution < 1.29 is 22.2 Å². The van der Waals surface area contributed by atoms with Crippen molar-refractivity contribution in [3.05, 3.63) is 76.3 Å². The molecule has 102 valence electrons. The average molecular weight is 332 g/mol. The Bertz CT molecular complexity index is 419. The molecular weight excluding hydrogens is 316 g/mol. The zero-order chi connectivity index (χ0) is 13.2. The zero-order valence-corrected chi connectivity index (χ0v) is 13.6. The Morgan fingerprint density at radius 3 is 2.00 bits per heavy atom. The van der Waals surface area contributed by atoms with Crippen molar-refractivity contribution >= 4 is 23.5 Å². The molecule has 0 saturated carbocycles. The van der Waals surface area contributed by atoms with Crippen molar-refractivity contribution in [2.24, 2.45) is 0 Å². The number of allylic oxidation sites excluding steroid dienone is 6. The molecule has 0 amide bonds. The first-order chi connectivity index (χ1) is 8.77. The molecule has 0 unspecified atom stereocenters. The molecule has 1 aromatic rings. The van der Waals surface area contributed by atoms with Crippen molar-refractivity contribution in [2.45, 2.75) is 0 Å². The summed E-state index contributed by atoms with van der Waals surface area (Å²) < 4.78 is 1.05. The van der Waals surface area contributed by atoms with Crippen LogP contribution in [0.3, 0.4) is 0 Å². The fourth-order valence-electron chi connectivity index (χ4n) is 1.25. The predicted molar refractivity (Wildman–Crippen MR) is 82.5 cm³/mol. The average Bonchev–Trinajstić information content (AvgIpc) is 3.09. The van der Waals surface area contributed by atoms with Gasteiger partial charge in [-0.3, -0.25) is 0 Å². The van der Waals surface area contributed by atoms with Crippen LogP contribution in [0.5, 0.6) is 0 Å². The van der Waals surface area contributed by atoms with Gasteiger partial charge in [-0.05, 0) is 24.2 Å². The van der Waals surface area contributed by atoms with E-state index in [0.717, 1.165) is 9.81 Å². The molecule has 0 N–H and O–H groups in total. The van der Waals surface area contributed by atoms with E-state index < -0.39 is 0 Å². The van der Waals surface area contributed by atoms with Gasteiger partial charge in [0, 0.05) is 4.24 Å². The van der Waals surface area contributed by atoms with E-state index in [4.69, 9.17) is 0 Å². The van der Waals surface area contributed by atoms with Crippen LogP contribution in [0, 0.1) is 0 Å². The second-order valence-electron chi connectivity index (χ2n) is 3.37. The number of hydrogen-bond acceptors (Lipinski definition) is 3. The molecule has 2 rings (SSSR count). The third-order valence-corrected chi connectivity index (χ3v) is 4.19. The fraction of sp³-hybridized carbons (Fsp3) is 0.133. The van der Waals surface area contributed by atoms with E-state index in [2.05, 4.69) is 0 Å². The quantitative estimate of drug-likeness (QED) is 0.479. The Morgan fingerprint density at radius 2 is 1.63 bits per heavy atom. The van der Waals surface area contributed by atoms with Crippen LogP contribution in [0.1, 0.15) is 0 Å². The maximum absolute atomic E-state index is 11.5. The van der Waals surface area contributed by atoms with Gasteiger partial charge in [-0.1, -0.05) is 30.1 Å². The second-order valence-corrected chi connectivity index (χ2v) is 5.33. The summed E-state index contributed by atoms with van der Waals surface area (Å²) in [7, 11) is 0. The van der Waals surface area contributed by atoms with Crippen molar-refractivity contribution in [2.75, 3.05) is 12.5 Å². The molecule has 0 atom stereocenters. The van der Waals surface area contributed by atoms with Crippen LogP contribution >= 0.6 is 23.5 Å². The van der Waals surface area contributed by atoms with Gasteiger partial charge in [0.2, 0.25) is 0 Å². The van der Waals surface area contributed by atoms with Gasteiger partial charge in [-0.2, -0.15) is 18.2 Å². The first-order valence-corrected chi connectivity index (χ1v) is 7.95. The Labute approximate surface area is 134 Å². The summed E-state index contributed by atoms with van der Waals surface area (Å²) in [6, 6.07) is 10.0. The first kappa shape index (κ1) is 18.3. The maximum Gasteiger partial charge on any atom is 2.00 e. The summed E-state index contributed by atoms with van der Waals surface area (Å²) in [5.41, 5.74) is 0.764. The Morgan fingerprint density at radius 1 is 1.11 bits per heavy atom. The van der Waals surface area contributed by atoms with E-state index in [-0.39, 0.29) is 22.8 Å². The molecule has 1 aromatic carbocycles. The second kappa shape index (κ2) is 11.2. The minimum atomic E-state index is 0. The van der Waals surface area contributed by atoms with Gasteiger partial charge in [-0.25, -0.2) is 12.1 Å². The molecule has 0 bridgehead atoms. The molecule has 0 fully saturated rings. The van der Waals surface area contributed by atoms with Crippen LogP contribution < -0.4 is 5.11 Å². The van der Waals surface area contributed by atoms with Gasteiger partial charge < -0.3 is 5.11 Å². The molecule has 0 aliphatic heterocycles. The van der Waals surface area contributed by atoms with E-state index in [1.807, 2.05) is 67.1 Å². The summed E-state index contributed by atoms with van der Waals surface area (Å²) >= 11 is 3.20. The van der Waals surface area contributed by atoms with Crippen LogP contribution in [0.2, 0.25) is 0 Å². The van der Waals surface area contributed by atoms with E-state index in [1.54, 1.807) is 29.6 Å². The molecule has 4 heteroatoms. The number of hydrogen-bond donors (Lipinski definition) is 0. The van der Waals surface area contributed by atoms with Crippen molar-refractivity contribution in [1.29, 1.82) is 0 Å². The van der Waals surface area contributed by atoms with Crippen LogP contribution in [0.25, 0.3) is 0 Å². The summed E-state index contributed by atoms with van der Waals surface area (Å²) in [5, 5.41) is 11.5. The Hall–Kier alpha value is -0.671. The number of thioether (sulfide) groups is 2. The zero-order valence-electron chi connectivity index (χ0n) is 10.9. The van der Waals surface area contributed by atoms with Gasteiger partial charge in [0.15, 0.2) is 0 Å². The van der Waals surface area contributed by atoms with Gasteiger partial charge >= 0.3 is 17.1 Å². The van der Waals surface area contributed by atoms with E-state index in [9.17, 15) is 5.11 Å². The van der Waals surface area contributed by atoms with Gasteiger partial charge in [0.05, 0.1) is 0 Å². The third-order valence-electron chi connectivity index (χ3n) is 2.15. The largest absolute Gasteiger partial charge is 2.00 e. The molecule has 0 saturated heterocycles. The minimum absolute atomic E-state index is 0. The monoisotopic (exact) mass is 332 g/mol. The summed E-state index contributed by atoms with van der Waals surface area (Å²) in [5.74, 6) is 0.0868. The fourth-order valence-corrected chi connectivity index (χ4v) is 2.37. The van der Waals surface area contributed by atoms with Crippen molar-refractivity contribution in [3.63, 3.8) is 0 Å². The minimum Gasteiger partial charge on any atom is -0.872 e. The molecule has 1 aliphatic rings. The normalized spacial score (nSPS) is 11.4. The Balaban J connectivity index is 0.000000454. The van der Waals surface area contributed by atoms with Crippen LogP contribution in [-0.2, 0) is 17.1 Å². The Kier molecular flexibility index (Phi) is 10.8. The van der Waals surface area contributed by atoms with E-state index in [0.29, 0.717) is 0 Å². The summed E-state index contributed by atoms with van der Waals surface area (Å²) in [6.45, 7) is 0. The smallest absolute Gasteiger partial charge is 0.872 e. The first-order valence-electron chi connectivity index (χ1n) is 5.50. The van der Waals surface area contributed by atoms with Crippen LogP contribution in [0.4, 0.5) is 0 Å². The molecule has 1 nitrogen and oxygen atoms in total. The molecule has 0 radical (unpaired) electrons. The standard InChI is InChI=1S/C10H12OS2.C5H5.Fe/c1-12-10(13-2)7-9(11)8-5-3-4-6-8;1-2-4-5-3-1;/h3-7,11H,1-2H3;1-5H;/q;-1;+2/p-1. The van der Waals surface area contributed by atoms with Crippen molar-refractivity contribution in [1.82, 2.24) is 0 Å². The van der Waals surface area contributed by atoms with Gasteiger partial charge in [0.25, 0.3) is 0 Å². The predicted octanol–water partition coefficient (Wildman–Crippen LogP) is 3.70. The molecule has 0 spiro atoms. The van der Waals surface area contributed by atoms with Gasteiger partial charge in [-0.15, -0.1) is 23.5 Å². The van der Waals surface area contributed by atoms with Crippen LogP contribution in [-0.4, -0.2) is 12.5 Å². The molecule has 0 heterocycles. The SMILES string of the molecule is CSC(=CC([O-])=C1C=CC=C1)SC.[Fe+2].c1cc[cH-]c1. The summed E-state index contributed by atoms with van der Waals surface area (Å²) in [4.78, 5) is 0. The maximum atomic E-state index is 11.5. The number of rotatable bonds is 3. The van der Waals surface area contributed by atoms with Crippen molar-refractivity contribution in [3.8, 4) is 0 Å². The third kappa shape index (κ3) is 7.48. The van der Waals surface area contributed by atoms with Crippen LogP contribution in [0.15, 0.2) is 76.3 Å². The molecule has 0 aromatic heterocycles. The molecular formula is C15H16FeOS2.